The fourth-order valence-electron chi connectivity index (χ4n) is 3.98. The predicted molar refractivity (Wildman–Crippen MR) is 145 cm³/mol. The average molecular weight is 509 g/mol. The van der Waals surface area contributed by atoms with Gasteiger partial charge in [0.05, 0.1) is 16.7 Å². The van der Waals surface area contributed by atoms with Crippen LogP contribution < -0.4 is 14.4 Å². The number of hydrogen-bond donors (Lipinski definition) is 1. The molecule has 3 aromatic carbocycles. The number of sulfonamides is 1. The fourth-order valence-corrected chi connectivity index (χ4v) is 5.46. The highest BCUT2D eigenvalue weighted by molar-refractivity contribution is 7.92. The van der Waals surface area contributed by atoms with Gasteiger partial charge in [-0.2, -0.15) is 0 Å². The van der Waals surface area contributed by atoms with Gasteiger partial charge in [-0.25, -0.2) is 8.42 Å². The Morgan fingerprint density at radius 1 is 0.944 bits per heavy atom. The number of anilines is 1. The normalized spacial score (nSPS) is 11.4. The van der Waals surface area contributed by atoms with Gasteiger partial charge in [0.15, 0.2) is 0 Å². The fraction of sp³-hybridized carbons (Fsp3) is 0.345. The summed E-state index contributed by atoms with van der Waals surface area (Å²) in [7, 11) is -3.93. The van der Waals surface area contributed by atoms with Crippen LogP contribution in [0.25, 0.3) is 0 Å². The van der Waals surface area contributed by atoms with Gasteiger partial charge in [-0.15, -0.1) is 0 Å². The Morgan fingerprint density at radius 3 is 2.31 bits per heavy atom. The van der Waals surface area contributed by atoms with E-state index < -0.39 is 10.0 Å². The summed E-state index contributed by atoms with van der Waals surface area (Å²) >= 11 is 0. The van der Waals surface area contributed by atoms with Gasteiger partial charge in [0.2, 0.25) is 5.91 Å². The van der Waals surface area contributed by atoms with E-state index in [0.29, 0.717) is 12.2 Å². The molecule has 0 aromatic heterocycles. The Kier molecular flexibility index (Phi) is 9.15. The van der Waals surface area contributed by atoms with Crippen LogP contribution >= 0.6 is 0 Å². The van der Waals surface area contributed by atoms with Crippen molar-refractivity contribution in [2.45, 2.75) is 58.5 Å². The molecule has 0 bridgehead atoms. The number of aryl methyl sites for hydroxylation is 4. The molecule has 6 nitrogen and oxygen atoms in total. The molecule has 192 valence electrons. The van der Waals surface area contributed by atoms with Crippen molar-refractivity contribution in [1.82, 2.24) is 5.32 Å². The molecule has 0 saturated heterocycles. The van der Waals surface area contributed by atoms with Crippen LogP contribution in [0.1, 0.15) is 42.5 Å². The Hall–Kier alpha value is -3.32. The number of hydrogen-bond acceptors (Lipinski definition) is 4. The van der Waals surface area contributed by atoms with Crippen LogP contribution in [0.15, 0.2) is 71.6 Å². The summed E-state index contributed by atoms with van der Waals surface area (Å²) in [4.78, 5) is 13.0. The molecule has 1 amide bonds. The molecule has 0 heterocycles. The van der Waals surface area contributed by atoms with E-state index in [-0.39, 0.29) is 23.5 Å². The lowest BCUT2D eigenvalue weighted by molar-refractivity contribution is -0.119. The minimum atomic E-state index is -3.93. The highest BCUT2D eigenvalue weighted by atomic mass is 32.2. The summed E-state index contributed by atoms with van der Waals surface area (Å²) in [6, 6.07) is 20.1. The standard InChI is InChI=1S/C29H36N2O4S/c1-21(2)35-26-10-6-8-25(19-26)9-7-17-30-29(32)20-31(28-16-13-23(4)18-24(28)5)36(33,34)27-14-11-22(3)12-15-27/h6,8,10-16,18-19,21H,7,9,17,20H2,1-5H3,(H,30,32). The zero-order valence-corrected chi connectivity index (χ0v) is 22.6. The topological polar surface area (TPSA) is 75.7 Å². The summed E-state index contributed by atoms with van der Waals surface area (Å²) in [6.07, 6.45) is 1.61. The summed E-state index contributed by atoms with van der Waals surface area (Å²) in [6.45, 7) is 9.84. The summed E-state index contributed by atoms with van der Waals surface area (Å²) in [5, 5.41) is 2.89. The zero-order chi connectivity index (χ0) is 26.3. The molecule has 0 saturated carbocycles. The van der Waals surface area contributed by atoms with E-state index in [0.717, 1.165) is 40.8 Å². The summed E-state index contributed by atoms with van der Waals surface area (Å²) in [5.41, 5.74) is 4.41. The molecule has 3 rings (SSSR count). The second-order valence-corrected chi connectivity index (χ2v) is 11.2. The van der Waals surface area contributed by atoms with E-state index in [1.165, 1.54) is 4.31 Å². The first kappa shape index (κ1) is 27.3. The van der Waals surface area contributed by atoms with Gasteiger partial charge < -0.3 is 10.1 Å². The first-order valence-corrected chi connectivity index (χ1v) is 13.7. The molecule has 0 aliphatic carbocycles. The first-order valence-electron chi connectivity index (χ1n) is 12.2. The van der Waals surface area contributed by atoms with Gasteiger partial charge in [0.25, 0.3) is 10.0 Å². The second kappa shape index (κ2) is 12.1. The van der Waals surface area contributed by atoms with Crippen molar-refractivity contribution < 1.29 is 17.9 Å². The number of carbonyl (C=O) groups excluding carboxylic acids is 1. The second-order valence-electron chi connectivity index (χ2n) is 9.38. The number of ether oxygens (including phenoxy) is 1. The Labute approximate surface area is 215 Å². The van der Waals surface area contributed by atoms with Crippen molar-refractivity contribution in [2.24, 2.45) is 0 Å². The molecule has 0 spiro atoms. The van der Waals surface area contributed by atoms with Crippen molar-refractivity contribution in [2.75, 3.05) is 17.4 Å². The van der Waals surface area contributed by atoms with Gasteiger partial charge in [0.1, 0.15) is 12.3 Å². The molecule has 36 heavy (non-hydrogen) atoms. The molecule has 1 N–H and O–H groups in total. The van der Waals surface area contributed by atoms with E-state index in [4.69, 9.17) is 4.74 Å². The van der Waals surface area contributed by atoms with Crippen LogP contribution in [-0.4, -0.2) is 33.5 Å². The van der Waals surface area contributed by atoms with Gasteiger partial charge in [-0.3, -0.25) is 9.10 Å². The van der Waals surface area contributed by atoms with Crippen molar-refractivity contribution in [3.05, 3.63) is 89.0 Å². The molecule has 0 unspecified atom stereocenters. The minimum absolute atomic E-state index is 0.107. The Balaban J connectivity index is 1.69. The van der Waals surface area contributed by atoms with Crippen molar-refractivity contribution in [3.63, 3.8) is 0 Å². The van der Waals surface area contributed by atoms with Gasteiger partial charge in [0, 0.05) is 6.54 Å². The smallest absolute Gasteiger partial charge is 0.264 e. The number of benzene rings is 3. The number of nitrogens with one attached hydrogen (secondary N) is 1. The summed E-state index contributed by atoms with van der Waals surface area (Å²) in [5.74, 6) is 0.486. The largest absolute Gasteiger partial charge is 0.491 e. The van der Waals surface area contributed by atoms with Crippen molar-refractivity contribution in [1.29, 1.82) is 0 Å². The van der Waals surface area contributed by atoms with E-state index >= 15 is 0 Å². The quantitative estimate of drug-likeness (QED) is 0.355. The van der Waals surface area contributed by atoms with Crippen molar-refractivity contribution >= 4 is 21.6 Å². The van der Waals surface area contributed by atoms with E-state index in [2.05, 4.69) is 5.32 Å². The van der Waals surface area contributed by atoms with E-state index in [9.17, 15) is 13.2 Å². The third-order valence-electron chi connectivity index (χ3n) is 5.75. The molecule has 0 radical (unpaired) electrons. The van der Waals surface area contributed by atoms with Crippen LogP contribution in [0, 0.1) is 20.8 Å². The SMILES string of the molecule is Cc1ccc(S(=O)(=O)N(CC(=O)NCCCc2cccc(OC(C)C)c2)c2ccc(C)cc2C)cc1. The van der Waals surface area contributed by atoms with Crippen LogP contribution in [0.4, 0.5) is 5.69 Å². The van der Waals surface area contributed by atoms with Crippen LogP contribution in [0.5, 0.6) is 5.75 Å². The van der Waals surface area contributed by atoms with Crippen molar-refractivity contribution in [3.8, 4) is 5.75 Å². The molecular weight excluding hydrogens is 472 g/mol. The lowest BCUT2D eigenvalue weighted by Crippen LogP contribution is -2.41. The third kappa shape index (κ3) is 7.34. The molecule has 0 aliphatic rings. The number of rotatable bonds is 11. The van der Waals surface area contributed by atoms with Crippen LogP contribution in [-0.2, 0) is 21.2 Å². The molecule has 0 atom stereocenters. The molecular formula is C29H36N2O4S. The highest BCUT2D eigenvalue weighted by Gasteiger charge is 2.28. The Bertz CT molecular complexity index is 1280. The molecule has 0 fully saturated rings. The highest BCUT2D eigenvalue weighted by Crippen LogP contribution is 2.27. The minimum Gasteiger partial charge on any atom is -0.491 e. The average Bonchev–Trinajstić information content (AvgIpc) is 2.81. The van der Waals surface area contributed by atoms with E-state index in [1.54, 1.807) is 30.3 Å². The monoisotopic (exact) mass is 508 g/mol. The lowest BCUT2D eigenvalue weighted by Gasteiger charge is -2.26. The predicted octanol–water partition coefficient (Wildman–Crippen LogP) is 5.34. The lowest BCUT2D eigenvalue weighted by atomic mass is 10.1. The maximum Gasteiger partial charge on any atom is 0.264 e. The maximum absolute atomic E-state index is 13.6. The number of carbonyl (C=O) groups is 1. The van der Waals surface area contributed by atoms with E-state index in [1.807, 2.05) is 71.0 Å². The van der Waals surface area contributed by atoms with Crippen LogP contribution in [0.2, 0.25) is 0 Å². The number of amides is 1. The number of nitrogens with zero attached hydrogens (tertiary/aromatic N) is 1. The van der Waals surface area contributed by atoms with Gasteiger partial charge >= 0.3 is 0 Å². The van der Waals surface area contributed by atoms with Crippen LogP contribution in [0.3, 0.4) is 0 Å². The summed E-state index contributed by atoms with van der Waals surface area (Å²) < 4.78 is 34.1. The molecule has 0 aliphatic heterocycles. The third-order valence-corrected chi connectivity index (χ3v) is 7.53. The molecule has 7 heteroatoms. The first-order chi connectivity index (χ1) is 17.1. The molecule has 3 aromatic rings. The zero-order valence-electron chi connectivity index (χ0n) is 21.7. The van der Waals surface area contributed by atoms with Gasteiger partial charge in [-0.1, -0.05) is 47.5 Å². The maximum atomic E-state index is 13.6. The Morgan fingerprint density at radius 2 is 1.64 bits per heavy atom. The van der Waals surface area contributed by atoms with Gasteiger partial charge in [-0.05, 0) is 88.9 Å².